The van der Waals surface area contributed by atoms with Crippen molar-refractivity contribution in [3.05, 3.63) is 35.6 Å². The van der Waals surface area contributed by atoms with Gasteiger partial charge in [-0.25, -0.2) is 4.39 Å². The highest BCUT2D eigenvalue weighted by molar-refractivity contribution is 5.77. The maximum absolute atomic E-state index is 12.7. The normalized spacial score (nSPS) is 10.7. The summed E-state index contributed by atoms with van der Waals surface area (Å²) >= 11 is 0. The third-order valence-electron chi connectivity index (χ3n) is 2.85. The van der Waals surface area contributed by atoms with Crippen LogP contribution in [-0.4, -0.2) is 42.2 Å². The van der Waals surface area contributed by atoms with Crippen LogP contribution in [0.4, 0.5) is 4.39 Å². The average molecular weight is 268 g/mol. The molecule has 1 aromatic rings. The molecule has 0 saturated heterocycles. The lowest BCUT2D eigenvalue weighted by atomic mass is 10.2. The van der Waals surface area contributed by atoms with E-state index in [4.69, 9.17) is 5.11 Å². The zero-order valence-corrected chi connectivity index (χ0v) is 11.2. The molecule has 0 aromatic heterocycles. The number of aliphatic hydroxyl groups excluding tert-OH is 1. The lowest BCUT2D eigenvalue weighted by molar-refractivity contribution is -0.122. The number of amides is 1. The largest absolute Gasteiger partial charge is 0.396 e. The summed E-state index contributed by atoms with van der Waals surface area (Å²) in [7, 11) is 0. The molecule has 0 heterocycles. The molecule has 1 aromatic carbocycles. The highest BCUT2D eigenvalue weighted by atomic mass is 19.1. The van der Waals surface area contributed by atoms with E-state index in [9.17, 15) is 9.18 Å². The number of rotatable bonds is 8. The van der Waals surface area contributed by atoms with Gasteiger partial charge in [0.15, 0.2) is 0 Å². The minimum absolute atomic E-state index is 0.0656. The second kappa shape index (κ2) is 8.61. The summed E-state index contributed by atoms with van der Waals surface area (Å²) in [4.78, 5) is 13.7. The van der Waals surface area contributed by atoms with Crippen LogP contribution in [0.25, 0.3) is 0 Å². The molecular formula is C14H21FN2O2. The summed E-state index contributed by atoms with van der Waals surface area (Å²) in [5, 5.41) is 11.6. The van der Waals surface area contributed by atoms with Gasteiger partial charge in [-0.1, -0.05) is 19.1 Å². The number of carbonyl (C=O) groups is 1. The van der Waals surface area contributed by atoms with Gasteiger partial charge in [-0.15, -0.1) is 0 Å². The van der Waals surface area contributed by atoms with E-state index in [-0.39, 0.29) is 18.3 Å². The highest BCUT2D eigenvalue weighted by Gasteiger charge is 2.08. The van der Waals surface area contributed by atoms with Crippen molar-refractivity contribution in [1.29, 1.82) is 0 Å². The minimum atomic E-state index is -0.281. The van der Waals surface area contributed by atoms with E-state index in [2.05, 4.69) is 5.32 Å². The highest BCUT2D eigenvalue weighted by Crippen LogP contribution is 2.02. The predicted molar refractivity (Wildman–Crippen MR) is 72.1 cm³/mol. The molecule has 0 fully saturated rings. The van der Waals surface area contributed by atoms with E-state index < -0.39 is 0 Å². The minimum Gasteiger partial charge on any atom is -0.396 e. The number of hydrogen-bond donors (Lipinski definition) is 2. The van der Waals surface area contributed by atoms with Crippen molar-refractivity contribution in [3.8, 4) is 0 Å². The van der Waals surface area contributed by atoms with Crippen LogP contribution in [-0.2, 0) is 11.3 Å². The number of carbonyl (C=O) groups excluding carboxylic acids is 1. The Bertz CT molecular complexity index is 382. The van der Waals surface area contributed by atoms with Crippen molar-refractivity contribution in [2.45, 2.75) is 19.9 Å². The molecule has 5 heteroatoms. The van der Waals surface area contributed by atoms with Gasteiger partial charge in [0.05, 0.1) is 6.54 Å². The Hall–Kier alpha value is -1.46. The van der Waals surface area contributed by atoms with E-state index >= 15 is 0 Å². The Morgan fingerprint density at radius 3 is 2.63 bits per heavy atom. The topological polar surface area (TPSA) is 52.6 Å². The first-order valence-electron chi connectivity index (χ1n) is 6.50. The van der Waals surface area contributed by atoms with Crippen LogP contribution in [0.5, 0.6) is 0 Å². The van der Waals surface area contributed by atoms with Crippen molar-refractivity contribution in [2.24, 2.45) is 0 Å². The van der Waals surface area contributed by atoms with E-state index in [0.717, 1.165) is 12.1 Å². The standard InChI is InChI=1S/C14H21FN2O2/c1-2-17(8-3-9-18)11-14(19)16-10-12-4-6-13(15)7-5-12/h4-7,18H,2-3,8-11H2,1H3,(H,16,19). The molecule has 1 rings (SSSR count). The maximum Gasteiger partial charge on any atom is 0.234 e. The summed E-state index contributed by atoms with van der Waals surface area (Å²) < 4.78 is 12.7. The Kier molecular flexibility index (Phi) is 7.07. The van der Waals surface area contributed by atoms with Gasteiger partial charge in [0.1, 0.15) is 5.82 Å². The number of likely N-dealkylation sites (N-methyl/N-ethyl adjacent to an activating group) is 1. The number of halogens is 1. The van der Waals surface area contributed by atoms with Crippen LogP contribution in [0.15, 0.2) is 24.3 Å². The smallest absolute Gasteiger partial charge is 0.234 e. The Morgan fingerprint density at radius 1 is 1.37 bits per heavy atom. The van der Waals surface area contributed by atoms with Gasteiger partial charge in [-0.2, -0.15) is 0 Å². The first-order valence-corrected chi connectivity index (χ1v) is 6.50. The fourth-order valence-corrected chi connectivity index (χ4v) is 1.71. The number of aliphatic hydroxyl groups is 1. The molecule has 0 bridgehead atoms. The number of benzene rings is 1. The Labute approximate surface area is 113 Å². The molecule has 0 radical (unpaired) electrons. The Morgan fingerprint density at radius 2 is 2.05 bits per heavy atom. The summed E-state index contributed by atoms with van der Waals surface area (Å²) in [6, 6.07) is 6.06. The van der Waals surface area contributed by atoms with Gasteiger partial charge in [0.25, 0.3) is 0 Å². The van der Waals surface area contributed by atoms with Crippen LogP contribution >= 0.6 is 0 Å². The quantitative estimate of drug-likeness (QED) is 0.743. The maximum atomic E-state index is 12.7. The van der Waals surface area contributed by atoms with Crippen LogP contribution in [0.3, 0.4) is 0 Å². The van der Waals surface area contributed by atoms with Gasteiger partial charge in [0, 0.05) is 19.7 Å². The van der Waals surface area contributed by atoms with Crippen molar-refractivity contribution in [1.82, 2.24) is 10.2 Å². The zero-order valence-electron chi connectivity index (χ0n) is 11.2. The van der Waals surface area contributed by atoms with Gasteiger partial charge in [-0.05, 0) is 30.7 Å². The van der Waals surface area contributed by atoms with Crippen LogP contribution < -0.4 is 5.32 Å². The monoisotopic (exact) mass is 268 g/mol. The van der Waals surface area contributed by atoms with Crippen LogP contribution in [0.1, 0.15) is 18.9 Å². The average Bonchev–Trinajstić information content (AvgIpc) is 2.42. The van der Waals surface area contributed by atoms with E-state index in [0.29, 0.717) is 26.1 Å². The van der Waals surface area contributed by atoms with E-state index in [1.54, 1.807) is 12.1 Å². The third-order valence-corrected chi connectivity index (χ3v) is 2.85. The molecular weight excluding hydrogens is 247 g/mol. The molecule has 19 heavy (non-hydrogen) atoms. The lowest BCUT2D eigenvalue weighted by Gasteiger charge is -2.19. The summed E-state index contributed by atoms with van der Waals surface area (Å²) in [5.41, 5.74) is 0.869. The van der Waals surface area contributed by atoms with Crippen LogP contribution in [0.2, 0.25) is 0 Å². The number of nitrogens with zero attached hydrogens (tertiary/aromatic N) is 1. The molecule has 2 N–H and O–H groups in total. The summed E-state index contributed by atoms with van der Waals surface area (Å²) in [5.74, 6) is -0.347. The van der Waals surface area contributed by atoms with Crippen molar-refractivity contribution in [3.63, 3.8) is 0 Å². The molecule has 106 valence electrons. The van der Waals surface area contributed by atoms with E-state index in [1.165, 1.54) is 12.1 Å². The first-order chi connectivity index (χ1) is 9.15. The molecule has 0 spiro atoms. The number of nitrogens with one attached hydrogen (secondary N) is 1. The van der Waals surface area contributed by atoms with Crippen molar-refractivity contribution >= 4 is 5.91 Å². The zero-order chi connectivity index (χ0) is 14.1. The third kappa shape index (κ3) is 6.31. The molecule has 0 saturated carbocycles. The molecule has 1 amide bonds. The van der Waals surface area contributed by atoms with Gasteiger partial charge >= 0.3 is 0 Å². The molecule has 0 unspecified atom stereocenters. The summed E-state index contributed by atoms with van der Waals surface area (Å²) in [6.07, 6.45) is 0.666. The van der Waals surface area contributed by atoms with E-state index in [1.807, 2.05) is 11.8 Å². The first kappa shape index (κ1) is 15.6. The number of hydrogen-bond acceptors (Lipinski definition) is 3. The summed E-state index contributed by atoms with van der Waals surface area (Å²) in [6.45, 7) is 4.30. The molecule has 0 atom stereocenters. The lowest BCUT2D eigenvalue weighted by Crippen LogP contribution is -2.37. The fraction of sp³-hybridized carbons (Fsp3) is 0.500. The van der Waals surface area contributed by atoms with Gasteiger partial charge in [0.2, 0.25) is 5.91 Å². The fourth-order valence-electron chi connectivity index (χ4n) is 1.71. The Balaban J connectivity index is 2.32. The molecule has 4 nitrogen and oxygen atoms in total. The van der Waals surface area contributed by atoms with Crippen LogP contribution in [0, 0.1) is 5.82 Å². The van der Waals surface area contributed by atoms with Gasteiger partial charge in [-0.3, -0.25) is 9.69 Å². The predicted octanol–water partition coefficient (Wildman–Crippen LogP) is 1.15. The van der Waals surface area contributed by atoms with Crippen molar-refractivity contribution < 1.29 is 14.3 Å². The second-order valence-electron chi connectivity index (χ2n) is 4.35. The molecule has 0 aliphatic heterocycles. The van der Waals surface area contributed by atoms with Gasteiger partial charge < -0.3 is 10.4 Å². The molecule has 0 aliphatic rings. The SMILES string of the molecule is CCN(CCCO)CC(=O)NCc1ccc(F)cc1. The second-order valence-corrected chi connectivity index (χ2v) is 4.35. The van der Waals surface area contributed by atoms with Crippen molar-refractivity contribution in [2.75, 3.05) is 26.2 Å². The molecule has 0 aliphatic carbocycles.